The lowest BCUT2D eigenvalue weighted by Gasteiger charge is -2.37. The van der Waals surface area contributed by atoms with E-state index in [2.05, 4.69) is 19.2 Å². The van der Waals surface area contributed by atoms with Gasteiger partial charge in [0.05, 0.1) is 23.3 Å². The number of carbonyl (C=O) groups is 1. The molecule has 1 aliphatic carbocycles. The number of fused-ring (bicyclic) bond motifs is 2. The molecule has 0 spiro atoms. The minimum atomic E-state index is -0.574. The first-order valence-corrected chi connectivity index (χ1v) is 9.13. The molecule has 1 fully saturated rings. The third kappa shape index (κ3) is 2.92. The fraction of sp³-hybridized carbons (Fsp3) is 0.333. The van der Waals surface area contributed by atoms with Crippen LogP contribution in [0, 0.1) is 17.2 Å². The molecule has 4 rings (SSSR count). The molecule has 2 unspecified atom stereocenters. The number of nitrogens with one attached hydrogen (secondary N) is 1. The van der Waals surface area contributed by atoms with Gasteiger partial charge in [0.15, 0.2) is 0 Å². The first-order valence-electron chi connectivity index (χ1n) is 8.75. The van der Waals surface area contributed by atoms with Gasteiger partial charge in [0.25, 0.3) is 0 Å². The Balaban J connectivity index is 1.92. The lowest BCUT2D eigenvalue weighted by molar-refractivity contribution is -0.124. The van der Waals surface area contributed by atoms with Gasteiger partial charge >= 0.3 is 0 Å². The van der Waals surface area contributed by atoms with Crippen LogP contribution in [0.5, 0.6) is 0 Å². The van der Waals surface area contributed by atoms with Crippen LogP contribution in [-0.4, -0.2) is 11.5 Å². The summed E-state index contributed by atoms with van der Waals surface area (Å²) >= 11 is 6.35. The zero-order chi connectivity index (χ0) is 18.5. The lowest BCUT2D eigenvalue weighted by atomic mass is 9.68. The molecular formula is C21H20ClFN2O. The summed E-state index contributed by atoms with van der Waals surface area (Å²) in [5.41, 5.74) is 2.52. The molecule has 2 atom stereocenters. The Morgan fingerprint density at radius 2 is 1.92 bits per heavy atom. The number of rotatable bonds is 1. The van der Waals surface area contributed by atoms with Crippen molar-refractivity contribution < 1.29 is 9.18 Å². The third-order valence-corrected chi connectivity index (χ3v) is 5.47. The fourth-order valence-electron chi connectivity index (χ4n) is 4.06. The number of para-hydroxylation sites is 2. The van der Waals surface area contributed by atoms with Crippen LogP contribution in [0.3, 0.4) is 0 Å². The maximum Gasteiger partial charge on any atom is 0.144 e. The first kappa shape index (κ1) is 17.2. The SMILES string of the molecule is CC1(C)CC(=O)C2C(=Nc3ccccc3NC2c2c(F)cccc2Cl)C1. The molecule has 2 aromatic rings. The zero-order valence-corrected chi connectivity index (χ0v) is 15.5. The molecule has 2 aliphatic rings. The second kappa shape index (κ2) is 6.20. The van der Waals surface area contributed by atoms with Gasteiger partial charge in [0.2, 0.25) is 0 Å². The molecule has 5 heteroatoms. The van der Waals surface area contributed by atoms with E-state index in [1.807, 2.05) is 24.3 Å². The Morgan fingerprint density at radius 3 is 2.69 bits per heavy atom. The van der Waals surface area contributed by atoms with Crippen molar-refractivity contribution in [1.82, 2.24) is 0 Å². The highest BCUT2D eigenvalue weighted by Gasteiger charge is 2.45. The number of benzene rings is 2. The molecule has 0 aromatic heterocycles. The van der Waals surface area contributed by atoms with E-state index in [1.165, 1.54) is 6.07 Å². The van der Waals surface area contributed by atoms with E-state index >= 15 is 0 Å². The van der Waals surface area contributed by atoms with Crippen molar-refractivity contribution in [3.05, 3.63) is 58.9 Å². The molecule has 1 aliphatic heterocycles. The van der Waals surface area contributed by atoms with Gasteiger partial charge in [-0.1, -0.05) is 43.6 Å². The number of hydrogen-bond acceptors (Lipinski definition) is 3. The standard InChI is InChI=1S/C21H20ClFN2O/c1-21(2)10-16-19(17(26)11-21)20(18-12(22)6-5-7-13(18)23)25-15-9-4-3-8-14(15)24-16/h3-9,19-20,25H,10-11H2,1-2H3. The molecule has 0 radical (unpaired) electrons. The fourth-order valence-corrected chi connectivity index (χ4v) is 4.34. The summed E-state index contributed by atoms with van der Waals surface area (Å²) in [6, 6.07) is 11.7. The Labute approximate surface area is 157 Å². The monoisotopic (exact) mass is 370 g/mol. The van der Waals surface area contributed by atoms with Gasteiger partial charge in [-0.25, -0.2) is 4.39 Å². The maximum absolute atomic E-state index is 14.7. The van der Waals surface area contributed by atoms with E-state index in [1.54, 1.807) is 12.1 Å². The van der Waals surface area contributed by atoms with Crippen molar-refractivity contribution in [3.63, 3.8) is 0 Å². The molecule has 0 saturated heterocycles. The molecule has 1 saturated carbocycles. The second-order valence-corrected chi connectivity index (χ2v) is 8.25. The van der Waals surface area contributed by atoms with E-state index in [-0.39, 0.29) is 11.2 Å². The molecule has 2 aromatic carbocycles. The Morgan fingerprint density at radius 1 is 1.15 bits per heavy atom. The van der Waals surface area contributed by atoms with Gasteiger partial charge in [-0.15, -0.1) is 0 Å². The summed E-state index contributed by atoms with van der Waals surface area (Å²) in [6.45, 7) is 4.14. The van der Waals surface area contributed by atoms with Gasteiger partial charge in [-0.2, -0.15) is 0 Å². The van der Waals surface area contributed by atoms with E-state index in [4.69, 9.17) is 16.6 Å². The summed E-state index contributed by atoms with van der Waals surface area (Å²) in [4.78, 5) is 17.9. The second-order valence-electron chi connectivity index (χ2n) is 7.84. The molecule has 3 nitrogen and oxygen atoms in total. The summed E-state index contributed by atoms with van der Waals surface area (Å²) < 4.78 is 14.7. The highest BCUT2D eigenvalue weighted by atomic mass is 35.5. The van der Waals surface area contributed by atoms with Gasteiger partial charge in [-0.05, 0) is 36.1 Å². The Kier molecular flexibility index (Phi) is 4.11. The van der Waals surface area contributed by atoms with Crippen molar-refractivity contribution in [2.75, 3.05) is 5.32 Å². The Hall–Kier alpha value is -2.20. The average Bonchev–Trinajstić information content (AvgIpc) is 2.70. The number of carbonyl (C=O) groups excluding carboxylic acids is 1. The van der Waals surface area contributed by atoms with Crippen LogP contribution in [0.1, 0.15) is 38.3 Å². The summed E-state index contributed by atoms with van der Waals surface area (Å²) in [5, 5.41) is 3.67. The number of Topliss-reactive ketones (excluding diaryl/α,β-unsaturated/α-hetero) is 1. The van der Waals surface area contributed by atoms with Crippen LogP contribution in [-0.2, 0) is 4.79 Å². The van der Waals surface area contributed by atoms with Crippen LogP contribution in [0.2, 0.25) is 5.02 Å². The minimum Gasteiger partial charge on any atom is -0.375 e. The predicted molar refractivity (Wildman–Crippen MR) is 103 cm³/mol. The molecule has 26 heavy (non-hydrogen) atoms. The molecule has 0 amide bonds. The topological polar surface area (TPSA) is 41.5 Å². The number of aliphatic imine (C=N–C) groups is 1. The van der Waals surface area contributed by atoms with Gasteiger partial charge < -0.3 is 5.32 Å². The van der Waals surface area contributed by atoms with E-state index in [0.29, 0.717) is 23.4 Å². The number of hydrogen-bond donors (Lipinski definition) is 1. The highest BCUT2D eigenvalue weighted by molar-refractivity contribution is 6.31. The smallest absolute Gasteiger partial charge is 0.144 e. The normalized spacial score (nSPS) is 24.0. The maximum atomic E-state index is 14.7. The third-order valence-electron chi connectivity index (χ3n) is 5.14. The van der Waals surface area contributed by atoms with Gasteiger partial charge in [0.1, 0.15) is 11.6 Å². The molecule has 1 N–H and O–H groups in total. The summed E-state index contributed by atoms with van der Waals surface area (Å²) in [6.07, 6.45) is 1.14. The van der Waals surface area contributed by atoms with Gasteiger partial charge in [-0.3, -0.25) is 9.79 Å². The number of anilines is 1. The number of halogens is 2. The number of ketones is 1. The van der Waals surface area contributed by atoms with Crippen molar-refractivity contribution in [1.29, 1.82) is 0 Å². The molecule has 134 valence electrons. The van der Waals surface area contributed by atoms with E-state index in [9.17, 15) is 9.18 Å². The number of nitrogens with zero attached hydrogens (tertiary/aromatic N) is 1. The van der Waals surface area contributed by atoms with Crippen LogP contribution in [0.25, 0.3) is 0 Å². The quantitative estimate of drug-likeness (QED) is 0.697. The largest absolute Gasteiger partial charge is 0.375 e. The zero-order valence-electron chi connectivity index (χ0n) is 14.7. The average molecular weight is 371 g/mol. The van der Waals surface area contributed by atoms with Crippen molar-refractivity contribution in [2.24, 2.45) is 16.3 Å². The molecule has 1 heterocycles. The van der Waals surface area contributed by atoms with Crippen LogP contribution in [0.15, 0.2) is 47.5 Å². The van der Waals surface area contributed by atoms with Crippen molar-refractivity contribution in [2.45, 2.75) is 32.7 Å². The van der Waals surface area contributed by atoms with Crippen LogP contribution in [0.4, 0.5) is 15.8 Å². The summed E-state index contributed by atoms with van der Waals surface area (Å²) in [5.74, 6) is -0.860. The van der Waals surface area contributed by atoms with Crippen LogP contribution >= 0.6 is 11.6 Å². The van der Waals surface area contributed by atoms with Gasteiger partial charge in [0, 0.05) is 22.7 Å². The summed E-state index contributed by atoms with van der Waals surface area (Å²) in [7, 11) is 0. The molecular weight excluding hydrogens is 351 g/mol. The van der Waals surface area contributed by atoms with E-state index in [0.717, 1.165) is 17.1 Å². The first-order chi connectivity index (χ1) is 12.4. The molecule has 0 bridgehead atoms. The predicted octanol–water partition coefficient (Wildman–Crippen LogP) is 5.72. The van der Waals surface area contributed by atoms with Crippen LogP contribution < -0.4 is 5.32 Å². The highest BCUT2D eigenvalue weighted by Crippen LogP contribution is 2.46. The Bertz CT molecular complexity index is 902. The minimum absolute atomic E-state index is 0.0737. The van der Waals surface area contributed by atoms with Crippen molar-refractivity contribution in [3.8, 4) is 0 Å². The van der Waals surface area contributed by atoms with Crippen molar-refractivity contribution >= 4 is 34.5 Å². The van der Waals surface area contributed by atoms with E-state index < -0.39 is 17.8 Å². The lowest BCUT2D eigenvalue weighted by Crippen LogP contribution is -2.42.